The molecule has 3 rings (SSSR count). The standard InChI is InChI=1S/C26H32N/c1-19-13-14-21(26(5,6)20-11-9-8-10-12-20)17-23(19)24-16-15-22(18-27(24)7)25(2,3)4/h8-18H,1-7H3/q+1. The van der Waals surface area contributed by atoms with E-state index >= 15 is 0 Å². The summed E-state index contributed by atoms with van der Waals surface area (Å²) >= 11 is 0. The van der Waals surface area contributed by atoms with Gasteiger partial charge in [0.05, 0.1) is 0 Å². The smallest absolute Gasteiger partial charge is 0.201 e. The van der Waals surface area contributed by atoms with Crippen LogP contribution in [0.1, 0.15) is 56.9 Å². The molecule has 3 aromatic rings. The van der Waals surface area contributed by atoms with Gasteiger partial charge in [0.15, 0.2) is 6.20 Å². The van der Waals surface area contributed by atoms with Crippen LogP contribution >= 0.6 is 0 Å². The Morgan fingerprint density at radius 3 is 1.93 bits per heavy atom. The van der Waals surface area contributed by atoms with Crippen LogP contribution in [0.3, 0.4) is 0 Å². The van der Waals surface area contributed by atoms with E-state index in [2.05, 4.69) is 120 Å². The van der Waals surface area contributed by atoms with Gasteiger partial charge in [-0.2, -0.15) is 0 Å². The molecule has 0 fully saturated rings. The van der Waals surface area contributed by atoms with E-state index in [0.717, 1.165) is 0 Å². The average Bonchev–Trinajstić information content (AvgIpc) is 2.62. The van der Waals surface area contributed by atoms with Crippen LogP contribution in [0.5, 0.6) is 0 Å². The van der Waals surface area contributed by atoms with Crippen molar-refractivity contribution in [1.29, 1.82) is 0 Å². The molecule has 0 saturated carbocycles. The monoisotopic (exact) mass is 358 g/mol. The molecule has 0 unspecified atom stereocenters. The fraction of sp³-hybridized carbons (Fsp3) is 0.346. The van der Waals surface area contributed by atoms with Crippen LogP contribution in [0.25, 0.3) is 11.3 Å². The van der Waals surface area contributed by atoms with Crippen molar-refractivity contribution in [2.45, 2.75) is 52.4 Å². The molecule has 0 spiro atoms. The average molecular weight is 359 g/mol. The van der Waals surface area contributed by atoms with Gasteiger partial charge in [-0.25, -0.2) is 4.57 Å². The summed E-state index contributed by atoms with van der Waals surface area (Å²) in [4.78, 5) is 0. The summed E-state index contributed by atoms with van der Waals surface area (Å²) in [6, 6.07) is 22.2. The molecule has 0 saturated heterocycles. The van der Waals surface area contributed by atoms with Gasteiger partial charge in [0.25, 0.3) is 0 Å². The van der Waals surface area contributed by atoms with Crippen LogP contribution in [0.15, 0.2) is 66.9 Å². The lowest BCUT2D eigenvalue weighted by Crippen LogP contribution is -2.33. The second-order valence-corrected chi connectivity index (χ2v) is 9.18. The minimum atomic E-state index is -0.0341. The predicted octanol–water partition coefficient (Wildman–Crippen LogP) is 6.11. The quantitative estimate of drug-likeness (QED) is 0.497. The van der Waals surface area contributed by atoms with Crippen LogP contribution in [0.4, 0.5) is 0 Å². The first kappa shape index (κ1) is 19.4. The van der Waals surface area contributed by atoms with Crippen LogP contribution in [-0.4, -0.2) is 0 Å². The maximum Gasteiger partial charge on any atom is 0.212 e. The molecular formula is C26H32N+. The highest BCUT2D eigenvalue weighted by atomic mass is 14.9. The second-order valence-electron chi connectivity index (χ2n) is 9.18. The summed E-state index contributed by atoms with van der Waals surface area (Å²) in [5, 5.41) is 0. The third-order valence-corrected chi connectivity index (χ3v) is 5.73. The molecule has 0 atom stereocenters. The zero-order valence-electron chi connectivity index (χ0n) is 17.8. The Labute approximate surface area is 164 Å². The molecule has 140 valence electrons. The number of pyridine rings is 1. The lowest BCUT2D eigenvalue weighted by molar-refractivity contribution is -0.661. The SMILES string of the molecule is Cc1ccc(C(C)(C)c2ccccc2)cc1-c1ccc(C(C)(C)C)c[n+]1C. The molecule has 27 heavy (non-hydrogen) atoms. The van der Waals surface area contributed by atoms with Gasteiger partial charge in [-0.15, -0.1) is 0 Å². The van der Waals surface area contributed by atoms with Gasteiger partial charge in [0, 0.05) is 22.6 Å². The molecular weight excluding hydrogens is 326 g/mol. The van der Waals surface area contributed by atoms with E-state index in [1.807, 2.05) is 0 Å². The lowest BCUT2D eigenvalue weighted by atomic mass is 9.77. The van der Waals surface area contributed by atoms with Gasteiger partial charge in [-0.3, -0.25) is 0 Å². The van der Waals surface area contributed by atoms with Crippen LogP contribution in [0.2, 0.25) is 0 Å². The van der Waals surface area contributed by atoms with E-state index in [0.29, 0.717) is 0 Å². The second kappa shape index (κ2) is 6.96. The summed E-state index contributed by atoms with van der Waals surface area (Å²) in [6.45, 7) is 13.6. The van der Waals surface area contributed by atoms with Crippen molar-refractivity contribution in [3.63, 3.8) is 0 Å². The molecule has 0 bridgehead atoms. The number of nitrogens with zero attached hydrogens (tertiary/aromatic N) is 1. The van der Waals surface area contributed by atoms with Gasteiger partial charge in [-0.1, -0.05) is 77.1 Å². The van der Waals surface area contributed by atoms with Crippen LogP contribution in [-0.2, 0) is 17.9 Å². The van der Waals surface area contributed by atoms with Crippen LogP contribution in [0, 0.1) is 6.92 Å². The zero-order chi connectivity index (χ0) is 19.8. The van der Waals surface area contributed by atoms with Crippen molar-refractivity contribution in [1.82, 2.24) is 0 Å². The Hall–Kier alpha value is -2.41. The van der Waals surface area contributed by atoms with Gasteiger partial charge in [-0.05, 0) is 41.2 Å². The third-order valence-electron chi connectivity index (χ3n) is 5.73. The predicted molar refractivity (Wildman–Crippen MR) is 115 cm³/mol. The Morgan fingerprint density at radius 1 is 0.704 bits per heavy atom. The largest absolute Gasteiger partial charge is 0.212 e. The minimum absolute atomic E-state index is 0.0341. The Bertz CT molecular complexity index is 944. The third kappa shape index (κ3) is 3.83. The molecule has 1 heteroatoms. The van der Waals surface area contributed by atoms with Crippen molar-refractivity contribution < 1.29 is 4.57 Å². The Balaban J connectivity index is 2.10. The van der Waals surface area contributed by atoms with Gasteiger partial charge >= 0.3 is 0 Å². The number of hydrogen-bond donors (Lipinski definition) is 0. The summed E-state index contributed by atoms with van der Waals surface area (Å²) in [6.07, 6.45) is 2.27. The summed E-state index contributed by atoms with van der Waals surface area (Å²) in [7, 11) is 2.15. The minimum Gasteiger partial charge on any atom is -0.201 e. The number of aryl methyl sites for hydroxylation is 2. The van der Waals surface area contributed by atoms with E-state index < -0.39 is 0 Å². The number of benzene rings is 2. The van der Waals surface area contributed by atoms with Crippen molar-refractivity contribution in [3.05, 3.63) is 89.1 Å². The maximum atomic E-state index is 2.37. The molecule has 2 aromatic carbocycles. The van der Waals surface area contributed by atoms with Crippen LogP contribution < -0.4 is 4.57 Å². The van der Waals surface area contributed by atoms with E-state index in [-0.39, 0.29) is 10.8 Å². The summed E-state index contributed by atoms with van der Waals surface area (Å²) in [5.41, 5.74) is 8.02. The first-order valence-electron chi connectivity index (χ1n) is 9.78. The molecule has 1 nitrogen and oxygen atoms in total. The number of rotatable bonds is 3. The van der Waals surface area contributed by atoms with Crippen molar-refractivity contribution >= 4 is 0 Å². The maximum absolute atomic E-state index is 2.37. The van der Waals surface area contributed by atoms with Gasteiger partial charge in [0.2, 0.25) is 5.69 Å². The summed E-state index contributed by atoms with van der Waals surface area (Å²) in [5.74, 6) is 0. The first-order valence-corrected chi connectivity index (χ1v) is 9.78. The van der Waals surface area contributed by atoms with Gasteiger partial charge in [0.1, 0.15) is 7.05 Å². The highest BCUT2D eigenvalue weighted by Gasteiger charge is 2.25. The molecule has 0 aliphatic heterocycles. The highest BCUT2D eigenvalue weighted by molar-refractivity contribution is 5.63. The van der Waals surface area contributed by atoms with Crippen molar-refractivity contribution in [3.8, 4) is 11.3 Å². The number of hydrogen-bond acceptors (Lipinski definition) is 0. The molecule has 1 aromatic heterocycles. The molecule has 1 heterocycles. The topological polar surface area (TPSA) is 3.88 Å². The fourth-order valence-electron chi connectivity index (χ4n) is 3.64. The molecule has 0 aliphatic carbocycles. The molecule has 0 radical (unpaired) electrons. The van der Waals surface area contributed by atoms with E-state index in [1.165, 1.54) is 33.5 Å². The lowest BCUT2D eigenvalue weighted by Gasteiger charge is -2.27. The zero-order valence-corrected chi connectivity index (χ0v) is 17.8. The van der Waals surface area contributed by atoms with Crippen molar-refractivity contribution in [2.24, 2.45) is 7.05 Å². The normalized spacial score (nSPS) is 12.3. The number of aromatic nitrogens is 1. The first-order chi connectivity index (χ1) is 12.6. The van der Waals surface area contributed by atoms with E-state index in [9.17, 15) is 0 Å². The molecule has 0 N–H and O–H groups in total. The van der Waals surface area contributed by atoms with Crippen molar-refractivity contribution in [2.75, 3.05) is 0 Å². The fourth-order valence-corrected chi connectivity index (χ4v) is 3.64. The van der Waals surface area contributed by atoms with E-state index in [1.54, 1.807) is 0 Å². The molecule has 0 aliphatic rings. The summed E-state index contributed by atoms with van der Waals surface area (Å²) < 4.78 is 2.27. The van der Waals surface area contributed by atoms with Gasteiger partial charge < -0.3 is 0 Å². The Morgan fingerprint density at radius 2 is 1.33 bits per heavy atom. The van der Waals surface area contributed by atoms with E-state index in [4.69, 9.17) is 0 Å². The molecule has 0 amide bonds. The highest BCUT2D eigenvalue weighted by Crippen LogP contribution is 2.34. The Kier molecular flexibility index (Phi) is 4.99.